The molecule has 6 nitrogen and oxygen atoms in total. The van der Waals surface area contributed by atoms with Crippen molar-refractivity contribution >= 4 is 49.2 Å². The van der Waals surface area contributed by atoms with Crippen LogP contribution < -0.4 is 4.80 Å². The number of carbonyl (C=O) groups is 1. The molecule has 3 aromatic rings. The van der Waals surface area contributed by atoms with Gasteiger partial charge >= 0.3 is 0 Å². The summed E-state index contributed by atoms with van der Waals surface area (Å²) in [5.41, 5.74) is 4.59. The average Bonchev–Trinajstić information content (AvgIpc) is 3.13. The van der Waals surface area contributed by atoms with Crippen LogP contribution in [0.3, 0.4) is 0 Å². The van der Waals surface area contributed by atoms with Gasteiger partial charge in [-0.15, -0.1) is 0 Å². The minimum Gasteiger partial charge on any atom is -0.316 e. The lowest BCUT2D eigenvalue weighted by Crippen LogP contribution is -2.40. The van der Waals surface area contributed by atoms with E-state index in [4.69, 9.17) is 0 Å². The van der Waals surface area contributed by atoms with Crippen LogP contribution in [0.4, 0.5) is 0 Å². The lowest BCUT2D eigenvalue weighted by Gasteiger charge is -2.29. The van der Waals surface area contributed by atoms with Gasteiger partial charge in [-0.1, -0.05) is 29.0 Å². The van der Waals surface area contributed by atoms with E-state index in [1.54, 1.807) is 35.2 Å². The SMILES string of the molecule is CSCCn1c(=NC(=O)C2CCN(S(=O)(=O)c3ccc(C)cc3)CC2)sc2cc(C)c(C)cc21. The molecule has 182 valence electrons. The molecule has 34 heavy (non-hydrogen) atoms. The topological polar surface area (TPSA) is 71.7 Å². The Morgan fingerprint density at radius 1 is 1.09 bits per heavy atom. The molecule has 1 saturated heterocycles. The smallest absolute Gasteiger partial charge is 0.251 e. The fourth-order valence-corrected chi connectivity index (χ4v) is 7.17. The van der Waals surface area contributed by atoms with Gasteiger partial charge in [0, 0.05) is 31.3 Å². The zero-order valence-electron chi connectivity index (χ0n) is 20.1. The Morgan fingerprint density at radius 2 is 1.74 bits per heavy atom. The predicted octanol–water partition coefficient (Wildman–Crippen LogP) is 4.52. The number of nitrogens with zero attached hydrogens (tertiary/aromatic N) is 3. The fraction of sp³-hybridized carbons (Fsp3) is 0.440. The van der Waals surface area contributed by atoms with Gasteiger partial charge < -0.3 is 4.57 Å². The summed E-state index contributed by atoms with van der Waals surface area (Å²) < 4.78 is 30.7. The number of thiazole rings is 1. The van der Waals surface area contributed by atoms with E-state index in [9.17, 15) is 13.2 Å². The summed E-state index contributed by atoms with van der Waals surface area (Å²) >= 11 is 3.32. The molecule has 1 aliphatic rings. The summed E-state index contributed by atoms with van der Waals surface area (Å²) in [4.78, 5) is 18.7. The summed E-state index contributed by atoms with van der Waals surface area (Å²) in [6.07, 6.45) is 3.05. The number of thioether (sulfide) groups is 1. The van der Waals surface area contributed by atoms with Gasteiger partial charge in [-0.2, -0.15) is 21.1 Å². The highest BCUT2D eigenvalue weighted by atomic mass is 32.2. The van der Waals surface area contributed by atoms with Crippen LogP contribution in [0.25, 0.3) is 10.2 Å². The van der Waals surface area contributed by atoms with E-state index in [1.807, 2.05) is 19.1 Å². The number of aromatic nitrogens is 1. The number of amides is 1. The monoisotopic (exact) mass is 517 g/mol. The summed E-state index contributed by atoms with van der Waals surface area (Å²) in [6, 6.07) is 11.3. The zero-order valence-corrected chi connectivity index (χ0v) is 22.5. The number of fused-ring (bicyclic) bond motifs is 1. The molecule has 1 fully saturated rings. The van der Waals surface area contributed by atoms with Crippen LogP contribution in [0.1, 0.15) is 29.5 Å². The first-order valence-electron chi connectivity index (χ1n) is 11.5. The Balaban J connectivity index is 1.54. The van der Waals surface area contributed by atoms with Crippen molar-refractivity contribution in [3.63, 3.8) is 0 Å². The molecule has 2 heterocycles. The maximum absolute atomic E-state index is 13.1. The number of hydrogen-bond donors (Lipinski definition) is 0. The number of rotatable bonds is 6. The van der Waals surface area contributed by atoms with E-state index in [0.717, 1.165) is 32.9 Å². The highest BCUT2D eigenvalue weighted by Crippen LogP contribution is 2.26. The van der Waals surface area contributed by atoms with Crippen molar-refractivity contribution in [2.24, 2.45) is 10.9 Å². The van der Waals surface area contributed by atoms with E-state index >= 15 is 0 Å². The van der Waals surface area contributed by atoms with E-state index in [-0.39, 0.29) is 11.8 Å². The van der Waals surface area contributed by atoms with Crippen molar-refractivity contribution < 1.29 is 13.2 Å². The molecule has 1 aromatic heterocycles. The molecule has 0 unspecified atom stereocenters. The molecular weight excluding hydrogens is 486 g/mol. The van der Waals surface area contributed by atoms with Crippen LogP contribution in [0.5, 0.6) is 0 Å². The van der Waals surface area contributed by atoms with E-state index < -0.39 is 10.0 Å². The third kappa shape index (κ3) is 5.17. The Kier molecular flexibility index (Phi) is 7.66. The van der Waals surface area contributed by atoms with Gasteiger partial charge in [-0.25, -0.2) is 8.42 Å². The predicted molar refractivity (Wildman–Crippen MR) is 141 cm³/mol. The second-order valence-corrected chi connectivity index (χ2v) is 12.8. The van der Waals surface area contributed by atoms with Gasteiger partial charge in [-0.3, -0.25) is 4.79 Å². The lowest BCUT2D eigenvalue weighted by molar-refractivity contribution is -0.122. The van der Waals surface area contributed by atoms with E-state index in [1.165, 1.54) is 15.4 Å². The van der Waals surface area contributed by atoms with Crippen LogP contribution in [-0.4, -0.2) is 48.3 Å². The molecule has 0 atom stereocenters. The molecule has 0 saturated carbocycles. The van der Waals surface area contributed by atoms with E-state index in [0.29, 0.717) is 30.8 Å². The molecule has 2 aromatic carbocycles. The average molecular weight is 518 g/mol. The van der Waals surface area contributed by atoms with Gasteiger partial charge in [-0.05, 0) is 75.3 Å². The molecule has 1 amide bonds. The standard InChI is InChI=1S/C25H31N3O3S3/c1-17-5-7-21(8-6-17)34(30,31)27-11-9-20(10-12-27)24(29)26-25-28(13-14-32-4)22-15-18(2)19(3)16-23(22)33-25/h5-8,15-16,20H,9-14H2,1-4H3. The second-order valence-electron chi connectivity index (χ2n) is 8.87. The van der Waals surface area contributed by atoms with Gasteiger partial charge in [0.15, 0.2) is 4.80 Å². The number of hydrogen-bond acceptors (Lipinski definition) is 5. The van der Waals surface area contributed by atoms with Crippen LogP contribution in [0, 0.1) is 26.7 Å². The second kappa shape index (κ2) is 10.4. The van der Waals surface area contributed by atoms with Crippen molar-refractivity contribution in [2.45, 2.75) is 45.1 Å². The number of sulfonamides is 1. The van der Waals surface area contributed by atoms with Crippen molar-refractivity contribution in [3.8, 4) is 0 Å². The maximum Gasteiger partial charge on any atom is 0.251 e. The number of piperidine rings is 1. The number of benzene rings is 2. The Morgan fingerprint density at radius 3 is 2.38 bits per heavy atom. The van der Waals surface area contributed by atoms with Gasteiger partial charge in [0.05, 0.1) is 15.1 Å². The van der Waals surface area contributed by atoms with Gasteiger partial charge in [0.2, 0.25) is 10.0 Å². The van der Waals surface area contributed by atoms with Crippen molar-refractivity contribution in [2.75, 3.05) is 25.1 Å². The molecule has 1 aliphatic heterocycles. The van der Waals surface area contributed by atoms with Crippen LogP contribution in [-0.2, 0) is 21.4 Å². The fourth-order valence-electron chi connectivity index (χ4n) is 4.19. The van der Waals surface area contributed by atoms with Crippen molar-refractivity contribution in [1.29, 1.82) is 0 Å². The Bertz CT molecular complexity index is 1360. The summed E-state index contributed by atoms with van der Waals surface area (Å²) in [5, 5.41) is 0. The molecule has 0 aliphatic carbocycles. The first-order valence-corrected chi connectivity index (χ1v) is 15.1. The molecule has 0 N–H and O–H groups in total. The minimum absolute atomic E-state index is 0.148. The largest absolute Gasteiger partial charge is 0.316 e. The molecule has 4 rings (SSSR count). The third-order valence-electron chi connectivity index (χ3n) is 6.49. The normalized spacial score (nSPS) is 16.4. The van der Waals surface area contributed by atoms with E-state index in [2.05, 4.69) is 41.8 Å². The first kappa shape index (κ1) is 25.2. The highest BCUT2D eigenvalue weighted by molar-refractivity contribution is 7.98. The maximum atomic E-state index is 13.1. The quantitative estimate of drug-likeness (QED) is 0.482. The van der Waals surface area contributed by atoms with Crippen LogP contribution in [0.2, 0.25) is 0 Å². The molecule has 0 bridgehead atoms. The molecule has 0 radical (unpaired) electrons. The molecule has 9 heteroatoms. The zero-order chi connectivity index (χ0) is 24.5. The molecule has 0 spiro atoms. The molecular formula is C25H31N3O3S3. The van der Waals surface area contributed by atoms with Crippen LogP contribution in [0.15, 0.2) is 46.3 Å². The van der Waals surface area contributed by atoms with Crippen LogP contribution >= 0.6 is 23.1 Å². The Labute approximate surface area is 209 Å². The highest BCUT2D eigenvalue weighted by Gasteiger charge is 2.32. The number of carbonyl (C=O) groups excluding carboxylic acids is 1. The summed E-state index contributed by atoms with van der Waals surface area (Å²) in [6.45, 7) is 7.59. The van der Waals surface area contributed by atoms with Crippen molar-refractivity contribution in [3.05, 3.63) is 57.9 Å². The van der Waals surface area contributed by atoms with Crippen molar-refractivity contribution in [1.82, 2.24) is 8.87 Å². The third-order valence-corrected chi connectivity index (χ3v) is 10.0. The van der Waals surface area contributed by atoms with Gasteiger partial charge in [0.25, 0.3) is 5.91 Å². The minimum atomic E-state index is -3.54. The number of aryl methyl sites for hydroxylation is 4. The summed E-state index contributed by atoms with van der Waals surface area (Å²) in [5.74, 6) is 0.535. The summed E-state index contributed by atoms with van der Waals surface area (Å²) in [7, 11) is -3.54. The van der Waals surface area contributed by atoms with Gasteiger partial charge in [0.1, 0.15) is 0 Å². The Hall–Kier alpha value is -1.94. The first-order chi connectivity index (χ1) is 16.2. The lowest BCUT2D eigenvalue weighted by atomic mass is 9.98.